The van der Waals surface area contributed by atoms with Crippen molar-refractivity contribution in [2.45, 2.75) is 19.9 Å². The van der Waals surface area contributed by atoms with E-state index in [4.69, 9.17) is 11.0 Å². The number of nitrogens with two attached hydrogens (primary N) is 1. The van der Waals surface area contributed by atoms with Crippen LogP contribution in [0, 0.1) is 18.3 Å². The molecule has 1 aromatic heterocycles. The lowest BCUT2D eigenvalue weighted by atomic mass is 10.2. The molecular formula is C10H14N4. The summed E-state index contributed by atoms with van der Waals surface area (Å²) in [6.45, 7) is 4.37. The van der Waals surface area contributed by atoms with Gasteiger partial charge >= 0.3 is 0 Å². The predicted molar refractivity (Wildman–Crippen MR) is 55.8 cm³/mol. The molecule has 0 bridgehead atoms. The van der Waals surface area contributed by atoms with Gasteiger partial charge in [0.2, 0.25) is 0 Å². The first-order valence-corrected chi connectivity index (χ1v) is 4.51. The monoisotopic (exact) mass is 190 g/mol. The van der Waals surface area contributed by atoms with Crippen LogP contribution in [0.3, 0.4) is 0 Å². The summed E-state index contributed by atoms with van der Waals surface area (Å²) in [6.07, 6.45) is 0. The summed E-state index contributed by atoms with van der Waals surface area (Å²) >= 11 is 0. The quantitative estimate of drug-likeness (QED) is 0.746. The average molecular weight is 190 g/mol. The smallest absolute Gasteiger partial charge is 0.127 e. The number of nitrogens with zero attached hydrogens (tertiary/aromatic N) is 2. The number of aromatic nitrogens is 1. The molecule has 0 radical (unpaired) electrons. The summed E-state index contributed by atoms with van der Waals surface area (Å²) in [5.41, 5.74) is 6.92. The Kier molecular flexibility index (Phi) is 3.43. The molecule has 14 heavy (non-hydrogen) atoms. The van der Waals surface area contributed by atoms with Gasteiger partial charge in [0.15, 0.2) is 0 Å². The SMILES string of the molecule is Cc1cc(C#N)cc(NC(C)CN)n1. The third-order valence-corrected chi connectivity index (χ3v) is 1.83. The first kappa shape index (κ1) is 10.5. The molecule has 0 spiro atoms. The van der Waals surface area contributed by atoms with Crippen molar-refractivity contribution in [2.24, 2.45) is 5.73 Å². The third kappa shape index (κ3) is 2.71. The fourth-order valence-electron chi connectivity index (χ4n) is 1.12. The second-order valence-electron chi connectivity index (χ2n) is 3.28. The highest BCUT2D eigenvalue weighted by atomic mass is 15.0. The van der Waals surface area contributed by atoms with E-state index < -0.39 is 0 Å². The van der Waals surface area contributed by atoms with Gasteiger partial charge in [-0.25, -0.2) is 4.98 Å². The topological polar surface area (TPSA) is 74.7 Å². The molecule has 1 atom stereocenters. The Balaban J connectivity index is 2.88. The van der Waals surface area contributed by atoms with E-state index in [0.717, 1.165) is 5.69 Å². The maximum atomic E-state index is 8.75. The van der Waals surface area contributed by atoms with E-state index >= 15 is 0 Å². The Morgan fingerprint density at radius 3 is 2.93 bits per heavy atom. The van der Waals surface area contributed by atoms with Crippen molar-refractivity contribution in [3.63, 3.8) is 0 Å². The van der Waals surface area contributed by atoms with E-state index in [1.807, 2.05) is 13.8 Å². The van der Waals surface area contributed by atoms with Gasteiger partial charge < -0.3 is 11.1 Å². The van der Waals surface area contributed by atoms with Crippen molar-refractivity contribution in [3.8, 4) is 6.07 Å². The van der Waals surface area contributed by atoms with Crippen LogP contribution in [0.25, 0.3) is 0 Å². The van der Waals surface area contributed by atoms with Crippen molar-refractivity contribution < 1.29 is 0 Å². The molecule has 3 N–H and O–H groups in total. The molecule has 0 aliphatic heterocycles. The predicted octanol–water partition coefficient (Wildman–Crippen LogP) is 1.02. The van der Waals surface area contributed by atoms with Gasteiger partial charge in [-0.2, -0.15) is 5.26 Å². The summed E-state index contributed by atoms with van der Waals surface area (Å²) in [5, 5.41) is 11.9. The fourth-order valence-corrected chi connectivity index (χ4v) is 1.12. The lowest BCUT2D eigenvalue weighted by molar-refractivity contribution is 0.797. The number of hydrogen-bond donors (Lipinski definition) is 2. The van der Waals surface area contributed by atoms with Crippen LogP contribution in [0.1, 0.15) is 18.2 Å². The molecule has 0 fully saturated rings. The molecular weight excluding hydrogens is 176 g/mol. The van der Waals surface area contributed by atoms with E-state index in [1.54, 1.807) is 12.1 Å². The van der Waals surface area contributed by atoms with Crippen LogP contribution < -0.4 is 11.1 Å². The van der Waals surface area contributed by atoms with E-state index in [1.165, 1.54) is 0 Å². The molecule has 0 saturated heterocycles. The average Bonchev–Trinajstić information content (AvgIpc) is 2.16. The van der Waals surface area contributed by atoms with Crippen molar-refractivity contribution in [2.75, 3.05) is 11.9 Å². The van der Waals surface area contributed by atoms with Crippen LogP contribution in [0.4, 0.5) is 5.82 Å². The van der Waals surface area contributed by atoms with Crippen molar-refractivity contribution in [1.29, 1.82) is 5.26 Å². The molecule has 1 aromatic rings. The minimum Gasteiger partial charge on any atom is -0.366 e. The van der Waals surface area contributed by atoms with Crippen molar-refractivity contribution in [1.82, 2.24) is 4.98 Å². The second kappa shape index (κ2) is 4.58. The molecule has 0 aliphatic carbocycles. The molecule has 4 nitrogen and oxygen atoms in total. The van der Waals surface area contributed by atoms with Crippen LogP contribution >= 0.6 is 0 Å². The summed E-state index contributed by atoms with van der Waals surface area (Å²) in [4.78, 5) is 4.25. The van der Waals surface area contributed by atoms with Crippen LogP contribution in [0.2, 0.25) is 0 Å². The lowest BCUT2D eigenvalue weighted by Crippen LogP contribution is -2.25. The fraction of sp³-hybridized carbons (Fsp3) is 0.400. The van der Waals surface area contributed by atoms with Gasteiger partial charge in [-0.3, -0.25) is 0 Å². The number of pyridine rings is 1. The minimum absolute atomic E-state index is 0.163. The van der Waals surface area contributed by atoms with Gasteiger partial charge in [0, 0.05) is 18.3 Å². The van der Waals surface area contributed by atoms with Gasteiger partial charge in [0.25, 0.3) is 0 Å². The van der Waals surface area contributed by atoms with Gasteiger partial charge in [-0.05, 0) is 26.0 Å². The van der Waals surface area contributed by atoms with E-state index in [9.17, 15) is 0 Å². The molecule has 1 rings (SSSR count). The number of aryl methyl sites for hydroxylation is 1. The van der Waals surface area contributed by atoms with Gasteiger partial charge in [-0.15, -0.1) is 0 Å². The standard InChI is InChI=1S/C10H14N4/c1-7-3-9(6-12)4-10(13-7)14-8(2)5-11/h3-4,8H,5,11H2,1-2H3,(H,13,14). The summed E-state index contributed by atoms with van der Waals surface area (Å²) in [6, 6.07) is 5.72. The third-order valence-electron chi connectivity index (χ3n) is 1.83. The maximum Gasteiger partial charge on any atom is 0.127 e. The van der Waals surface area contributed by atoms with Gasteiger partial charge in [-0.1, -0.05) is 0 Å². The Morgan fingerprint density at radius 1 is 1.64 bits per heavy atom. The Hall–Kier alpha value is -1.60. The Labute approximate surface area is 83.8 Å². The zero-order valence-electron chi connectivity index (χ0n) is 8.41. The number of rotatable bonds is 3. The summed E-state index contributed by atoms with van der Waals surface area (Å²) in [5.74, 6) is 0.708. The van der Waals surface area contributed by atoms with Gasteiger partial charge in [0.05, 0.1) is 11.6 Å². The number of anilines is 1. The number of nitrogens with one attached hydrogen (secondary N) is 1. The normalized spacial score (nSPS) is 11.9. The minimum atomic E-state index is 0.163. The molecule has 0 aliphatic rings. The molecule has 1 heterocycles. The second-order valence-corrected chi connectivity index (χ2v) is 3.28. The van der Waals surface area contributed by atoms with Crippen LogP contribution in [0.15, 0.2) is 12.1 Å². The molecule has 4 heteroatoms. The highest BCUT2D eigenvalue weighted by Gasteiger charge is 2.02. The van der Waals surface area contributed by atoms with Crippen LogP contribution in [-0.2, 0) is 0 Å². The van der Waals surface area contributed by atoms with E-state index in [0.29, 0.717) is 17.9 Å². The molecule has 1 unspecified atom stereocenters. The van der Waals surface area contributed by atoms with Crippen LogP contribution in [-0.4, -0.2) is 17.6 Å². The first-order valence-electron chi connectivity index (χ1n) is 4.51. The molecule has 0 aromatic carbocycles. The molecule has 0 amide bonds. The zero-order chi connectivity index (χ0) is 10.6. The number of hydrogen-bond acceptors (Lipinski definition) is 4. The van der Waals surface area contributed by atoms with Crippen molar-refractivity contribution in [3.05, 3.63) is 23.4 Å². The summed E-state index contributed by atoms with van der Waals surface area (Å²) < 4.78 is 0. The molecule has 74 valence electrons. The highest BCUT2D eigenvalue weighted by Crippen LogP contribution is 2.09. The maximum absolute atomic E-state index is 8.75. The van der Waals surface area contributed by atoms with E-state index in [2.05, 4.69) is 16.4 Å². The zero-order valence-corrected chi connectivity index (χ0v) is 8.41. The van der Waals surface area contributed by atoms with Crippen LogP contribution in [0.5, 0.6) is 0 Å². The largest absolute Gasteiger partial charge is 0.366 e. The lowest BCUT2D eigenvalue weighted by Gasteiger charge is -2.12. The molecule has 0 saturated carbocycles. The van der Waals surface area contributed by atoms with E-state index in [-0.39, 0.29) is 6.04 Å². The Morgan fingerprint density at radius 2 is 2.36 bits per heavy atom. The summed E-state index contributed by atoms with van der Waals surface area (Å²) in [7, 11) is 0. The first-order chi connectivity index (χ1) is 6.65. The number of nitriles is 1. The Bertz CT molecular complexity index is 354. The highest BCUT2D eigenvalue weighted by molar-refractivity contribution is 5.44. The van der Waals surface area contributed by atoms with Gasteiger partial charge in [0.1, 0.15) is 5.82 Å². The van der Waals surface area contributed by atoms with Crippen molar-refractivity contribution >= 4 is 5.82 Å².